The zero-order valence-corrected chi connectivity index (χ0v) is 15.7. The van der Waals surface area contributed by atoms with Gasteiger partial charge in [0, 0.05) is 62.8 Å². The lowest BCUT2D eigenvalue weighted by molar-refractivity contribution is 0.122. The van der Waals surface area contributed by atoms with Gasteiger partial charge in [0.1, 0.15) is 0 Å². The minimum Gasteiger partial charge on any atom is -0.297 e. The van der Waals surface area contributed by atoms with E-state index in [0.29, 0.717) is 5.56 Å². The summed E-state index contributed by atoms with van der Waals surface area (Å²) in [5, 5.41) is 0. The number of halogens is 2. The van der Waals surface area contributed by atoms with Crippen LogP contribution in [0.15, 0.2) is 67.0 Å². The first-order chi connectivity index (χ1) is 13.7. The van der Waals surface area contributed by atoms with Crippen LogP contribution in [0.2, 0.25) is 0 Å². The van der Waals surface area contributed by atoms with E-state index in [0.717, 1.165) is 50.9 Å². The van der Waals surface area contributed by atoms with E-state index < -0.39 is 11.6 Å². The van der Waals surface area contributed by atoms with E-state index in [1.165, 1.54) is 11.6 Å². The van der Waals surface area contributed by atoms with Gasteiger partial charge in [-0.15, -0.1) is 0 Å². The van der Waals surface area contributed by atoms with Crippen molar-refractivity contribution in [1.82, 2.24) is 14.8 Å². The molecule has 0 N–H and O–H groups in total. The molecule has 2 aromatic carbocycles. The second kappa shape index (κ2) is 8.59. The predicted octanol–water partition coefficient (Wildman–Crippen LogP) is 4.34. The van der Waals surface area contributed by atoms with Crippen LogP contribution in [0.5, 0.6) is 0 Å². The molecule has 0 unspecified atom stereocenters. The third-order valence-electron chi connectivity index (χ3n) is 5.18. The van der Waals surface area contributed by atoms with Gasteiger partial charge in [0.05, 0.1) is 0 Å². The zero-order chi connectivity index (χ0) is 19.3. The third-order valence-corrected chi connectivity index (χ3v) is 5.18. The predicted molar refractivity (Wildman–Crippen MR) is 107 cm³/mol. The van der Waals surface area contributed by atoms with Crippen molar-refractivity contribution in [1.29, 1.82) is 0 Å². The van der Waals surface area contributed by atoms with Crippen LogP contribution in [0.1, 0.15) is 11.1 Å². The third kappa shape index (κ3) is 4.43. The van der Waals surface area contributed by atoms with E-state index in [-0.39, 0.29) is 5.56 Å². The molecular weight excluding hydrogens is 356 g/mol. The second-order valence-corrected chi connectivity index (χ2v) is 7.22. The minimum atomic E-state index is -0.836. The second-order valence-electron chi connectivity index (χ2n) is 7.22. The fraction of sp³-hybridized carbons (Fsp3) is 0.261. The van der Waals surface area contributed by atoms with E-state index in [9.17, 15) is 8.78 Å². The highest BCUT2D eigenvalue weighted by atomic mass is 19.2. The lowest BCUT2D eigenvalue weighted by atomic mass is 10.0. The van der Waals surface area contributed by atoms with Crippen molar-refractivity contribution in [3.8, 4) is 11.1 Å². The molecule has 0 saturated carbocycles. The van der Waals surface area contributed by atoms with Gasteiger partial charge in [-0.25, -0.2) is 8.78 Å². The van der Waals surface area contributed by atoms with E-state index in [1.54, 1.807) is 18.5 Å². The van der Waals surface area contributed by atoms with Gasteiger partial charge in [-0.3, -0.25) is 14.8 Å². The van der Waals surface area contributed by atoms with Crippen LogP contribution >= 0.6 is 0 Å². The molecule has 0 aliphatic carbocycles. The van der Waals surface area contributed by atoms with Crippen molar-refractivity contribution in [2.45, 2.75) is 13.1 Å². The highest BCUT2D eigenvalue weighted by Gasteiger charge is 2.18. The number of pyridine rings is 1. The van der Waals surface area contributed by atoms with Gasteiger partial charge in [-0.2, -0.15) is 0 Å². The summed E-state index contributed by atoms with van der Waals surface area (Å²) in [6, 6.07) is 16.7. The number of rotatable bonds is 5. The van der Waals surface area contributed by atoms with Crippen LogP contribution in [0.25, 0.3) is 11.1 Å². The van der Waals surface area contributed by atoms with Crippen molar-refractivity contribution < 1.29 is 8.78 Å². The average Bonchev–Trinajstić information content (AvgIpc) is 2.72. The Hall–Kier alpha value is -2.63. The topological polar surface area (TPSA) is 19.4 Å². The number of benzene rings is 2. The first-order valence-electron chi connectivity index (χ1n) is 9.56. The van der Waals surface area contributed by atoms with Crippen molar-refractivity contribution in [2.24, 2.45) is 0 Å². The van der Waals surface area contributed by atoms with Crippen LogP contribution in [0, 0.1) is 11.6 Å². The number of aromatic nitrogens is 1. The van der Waals surface area contributed by atoms with Crippen LogP contribution in [0.4, 0.5) is 8.78 Å². The molecule has 0 radical (unpaired) electrons. The molecule has 1 aliphatic heterocycles. The van der Waals surface area contributed by atoms with Crippen molar-refractivity contribution in [3.63, 3.8) is 0 Å². The van der Waals surface area contributed by atoms with Gasteiger partial charge in [-0.1, -0.05) is 42.5 Å². The molecule has 1 saturated heterocycles. The van der Waals surface area contributed by atoms with Crippen LogP contribution in [-0.4, -0.2) is 41.0 Å². The minimum absolute atomic E-state index is 0.252. The largest absolute Gasteiger partial charge is 0.297 e. The summed E-state index contributed by atoms with van der Waals surface area (Å²) < 4.78 is 27.6. The van der Waals surface area contributed by atoms with Gasteiger partial charge in [0.2, 0.25) is 0 Å². The number of hydrogen-bond acceptors (Lipinski definition) is 3. The SMILES string of the molecule is Fc1cccc(-c2cncc(CN3CCN(Cc4ccccc4)CC3)c2)c1F. The summed E-state index contributed by atoms with van der Waals surface area (Å²) in [4.78, 5) is 9.08. The van der Waals surface area contributed by atoms with Crippen LogP contribution < -0.4 is 0 Å². The Bertz CT molecular complexity index is 922. The summed E-state index contributed by atoms with van der Waals surface area (Å²) in [6.07, 6.45) is 3.39. The molecule has 5 heteroatoms. The van der Waals surface area contributed by atoms with Crippen LogP contribution in [0.3, 0.4) is 0 Å². The Kier molecular flexibility index (Phi) is 5.74. The lowest BCUT2D eigenvalue weighted by Crippen LogP contribution is -2.45. The molecule has 0 amide bonds. The molecule has 1 fully saturated rings. The normalized spacial score (nSPS) is 15.6. The molecule has 4 rings (SSSR count). The first kappa shape index (κ1) is 18.7. The van der Waals surface area contributed by atoms with E-state index in [2.05, 4.69) is 39.0 Å². The van der Waals surface area contributed by atoms with Gasteiger partial charge in [0.15, 0.2) is 11.6 Å². The summed E-state index contributed by atoms with van der Waals surface area (Å²) in [5.74, 6) is -1.66. The molecular formula is C23H23F2N3. The first-order valence-corrected chi connectivity index (χ1v) is 9.56. The molecule has 0 bridgehead atoms. The zero-order valence-electron chi connectivity index (χ0n) is 15.7. The summed E-state index contributed by atoms with van der Waals surface area (Å²) >= 11 is 0. The summed E-state index contributed by atoms with van der Waals surface area (Å²) in [5.41, 5.74) is 3.21. The average molecular weight is 379 g/mol. The van der Waals surface area contributed by atoms with Crippen molar-refractivity contribution >= 4 is 0 Å². The number of piperazine rings is 1. The molecule has 1 aliphatic rings. The fourth-order valence-corrected chi connectivity index (χ4v) is 3.65. The Labute approximate surface area is 164 Å². The molecule has 3 aromatic rings. The molecule has 28 heavy (non-hydrogen) atoms. The number of hydrogen-bond donors (Lipinski definition) is 0. The standard InChI is InChI=1S/C23H23F2N3/c24-22-8-4-7-21(23(22)25)20-13-19(14-26-15-20)17-28-11-9-27(10-12-28)16-18-5-2-1-3-6-18/h1-8,13-15H,9-12,16-17H2. The highest BCUT2D eigenvalue weighted by Crippen LogP contribution is 2.25. The molecule has 0 spiro atoms. The Morgan fingerprint density at radius 3 is 2.14 bits per heavy atom. The summed E-state index contributed by atoms with van der Waals surface area (Å²) in [6.45, 7) is 5.72. The maximum atomic E-state index is 14.1. The Balaban J connectivity index is 1.37. The smallest absolute Gasteiger partial charge is 0.166 e. The molecule has 144 valence electrons. The van der Waals surface area contributed by atoms with Gasteiger partial charge in [-0.05, 0) is 23.3 Å². The van der Waals surface area contributed by atoms with Gasteiger partial charge >= 0.3 is 0 Å². The molecule has 1 aromatic heterocycles. The van der Waals surface area contributed by atoms with E-state index >= 15 is 0 Å². The van der Waals surface area contributed by atoms with Crippen LogP contribution in [-0.2, 0) is 13.1 Å². The van der Waals surface area contributed by atoms with E-state index in [1.807, 2.05) is 12.1 Å². The number of nitrogens with zero attached hydrogens (tertiary/aromatic N) is 3. The highest BCUT2D eigenvalue weighted by molar-refractivity contribution is 5.63. The molecule has 3 nitrogen and oxygen atoms in total. The Morgan fingerprint density at radius 2 is 1.43 bits per heavy atom. The van der Waals surface area contributed by atoms with Gasteiger partial charge < -0.3 is 0 Å². The van der Waals surface area contributed by atoms with Gasteiger partial charge in [0.25, 0.3) is 0 Å². The maximum absolute atomic E-state index is 14.1. The van der Waals surface area contributed by atoms with Crippen molar-refractivity contribution in [2.75, 3.05) is 26.2 Å². The maximum Gasteiger partial charge on any atom is 0.166 e. The monoisotopic (exact) mass is 379 g/mol. The van der Waals surface area contributed by atoms with E-state index in [4.69, 9.17) is 0 Å². The molecule has 2 heterocycles. The quantitative estimate of drug-likeness (QED) is 0.657. The lowest BCUT2D eigenvalue weighted by Gasteiger charge is -2.34. The summed E-state index contributed by atoms with van der Waals surface area (Å²) in [7, 11) is 0. The molecule has 0 atom stereocenters. The Morgan fingerprint density at radius 1 is 0.750 bits per heavy atom. The van der Waals surface area contributed by atoms with Crippen molar-refractivity contribution in [3.05, 3.63) is 89.8 Å². The fourth-order valence-electron chi connectivity index (χ4n) is 3.65.